The first kappa shape index (κ1) is 19.0. The van der Waals surface area contributed by atoms with Crippen LogP contribution in [0.15, 0.2) is 31.0 Å². The van der Waals surface area contributed by atoms with Crippen molar-refractivity contribution in [3.05, 3.63) is 31.0 Å². The lowest BCUT2D eigenvalue weighted by atomic mass is 10.3. The molecule has 0 saturated carbocycles. The van der Waals surface area contributed by atoms with Gasteiger partial charge >= 0.3 is 0 Å². The molecule has 1 fully saturated rings. The van der Waals surface area contributed by atoms with Crippen molar-refractivity contribution < 1.29 is 9.53 Å². The first-order chi connectivity index (χ1) is 14.3. The molecule has 29 heavy (non-hydrogen) atoms. The van der Waals surface area contributed by atoms with E-state index >= 15 is 0 Å². The largest absolute Gasteiger partial charge is 0.375 e. The Labute approximate surface area is 167 Å². The first-order valence-electron chi connectivity index (χ1n) is 9.45. The van der Waals surface area contributed by atoms with E-state index in [0.717, 1.165) is 49.0 Å². The van der Waals surface area contributed by atoms with Crippen molar-refractivity contribution in [2.75, 3.05) is 56.2 Å². The second-order valence-electron chi connectivity index (χ2n) is 6.61. The third-order valence-electron chi connectivity index (χ3n) is 4.75. The third kappa shape index (κ3) is 4.24. The van der Waals surface area contributed by atoms with Crippen LogP contribution in [-0.2, 0) is 16.1 Å². The molecule has 0 aromatic carbocycles. The number of carbonyl (C=O) groups excluding carboxylic acids is 1. The summed E-state index contributed by atoms with van der Waals surface area (Å²) < 4.78 is 6.59. The van der Waals surface area contributed by atoms with Crippen molar-refractivity contribution in [1.29, 1.82) is 0 Å². The summed E-state index contributed by atoms with van der Waals surface area (Å²) in [4.78, 5) is 33.5. The maximum atomic E-state index is 11.5. The molecule has 0 bridgehead atoms. The van der Waals surface area contributed by atoms with Crippen LogP contribution in [0, 0.1) is 0 Å². The second-order valence-corrected chi connectivity index (χ2v) is 6.61. The number of nitrogens with zero attached hydrogens (tertiary/aromatic N) is 8. The van der Waals surface area contributed by atoms with Gasteiger partial charge in [0.25, 0.3) is 0 Å². The number of anilines is 2. The number of hydrogen-bond acceptors (Lipinski definition) is 9. The maximum absolute atomic E-state index is 11.5. The molecular weight excluding hydrogens is 374 g/mol. The predicted molar refractivity (Wildman–Crippen MR) is 107 cm³/mol. The van der Waals surface area contributed by atoms with Crippen LogP contribution in [0.4, 0.5) is 11.8 Å². The van der Waals surface area contributed by atoms with Gasteiger partial charge in [0.2, 0.25) is 11.9 Å². The topological polar surface area (TPSA) is 114 Å². The van der Waals surface area contributed by atoms with Gasteiger partial charge in [0.15, 0.2) is 5.65 Å². The molecule has 0 spiro atoms. The van der Waals surface area contributed by atoms with Gasteiger partial charge in [-0.25, -0.2) is 24.6 Å². The lowest BCUT2D eigenvalue weighted by Crippen LogP contribution is -2.47. The average molecular weight is 397 g/mol. The highest BCUT2D eigenvalue weighted by atomic mass is 16.5. The highest BCUT2D eigenvalue weighted by Gasteiger charge is 2.22. The Balaban J connectivity index is 1.42. The molecule has 0 aliphatic carbocycles. The summed E-state index contributed by atoms with van der Waals surface area (Å²) in [7, 11) is 1.49. The zero-order valence-corrected chi connectivity index (χ0v) is 16.2. The Hall–Kier alpha value is -3.34. The minimum atomic E-state index is -0.153. The summed E-state index contributed by atoms with van der Waals surface area (Å²) in [6.07, 6.45) is 6.86. The summed E-state index contributed by atoms with van der Waals surface area (Å²) in [6, 6.07) is 1.82. The van der Waals surface area contributed by atoms with Crippen molar-refractivity contribution in [3.63, 3.8) is 0 Å². The Kier molecular flexibility index (Phi) is 5.75. The lowest BCUT2D eigenvalue weighted by Gasteiger charge is -2.35. The quantitative estimate of drug-likeness (QED) is 0.574. The molecule has 1 aliphatic rings. The minimum absolute atomic E-state index is 0.0478. The van der Waals surface area contributed by atoms with Crippen molar-refractivity contribution in [3.8, 4) is 0 Å². The van der Waals surface area contributed by atoms with Gasteiger partial charge in [-0.05, 0) is 6.07 Å². The number of nitrogens with one attached hydrogen (secondary N) is 1. The van der Waals surface area contributed by atoms with E-state index in [4.69, 9.17) is 4.74 Å². The Morgan fingerprint density at radius 2 is 1.86 bits per heavy atom. The Morgan fingerprint density at radius 1 is 1.10 bits per heavy atom. The van der Waals surface area contributed by atoms with Crippen molar-refractivity contribution >= 4 is 28.7 Å². The molecule has 0 unspecified atom stereocenters. The summed E-state index contributed by atoms with van der Waals surface area (Å²) >= 11 is 0. The molecule has 4 heterocycles. The van der Waals surface area contributed by atoms with Gasteiger partial charge in [-0.2, -0.15) is 5.10 Å². The molecule has 4 rings (SSSR count). The Morgan fingerprint density at radius 3 is 2.62 bits per heavy atom. The number of hydrogen-bond donors (Lipinski definition) is 1. The SMILES string of the molecule is COCC(=O)NCCn1ncc2c(N3CCN(c4ncccn4)CC3)ncnc21. The van der Waals surface area contributed by atoms with Crippen LogP contribution in [-0.4, -0.2) is 82.1 Å². The molecule has 3 aromatic heterocycles. The first-order valence-corrected chi connectivity index (χ1v) is 9.45. The van der Waals surface area contributed by atoms with Crippen molar-refractivity contribution in [2.24, 2.45) is 0 Å². The number of aromatic nitrogens is 6. The minimum Gasteiger partial charge on any atom is -0.375 e. The number of fused-ring (bicyclic) bond motifs is 1. The van der Waals surface area contributed by atoms with E-state index in [0.29, 0.717) is 13.1 Å². The molecule has 0 atom stereocenters. The van der Waals surface area contributed by atoms with Gasteiger partial charge in [0, 0.05) is 52.2 Å². The standard InChI is InChI=1S/C18H23N9O2/c1-29-12-15(28)19-5-6-27-17-14(11-24-27)16(22-13-23-17)25-7-9-26(10-8-25)18-20-3-2-4-21-18/h2-4,11,13H,5-10,12H2,1H3,(H,19,28). The van der Waals surface area contributed by atoms with Gasteiger partial charge in [0.1, 0.15) is 18.8 Å². The lowest BCUT2D eigenvalue weighted by molar-refractivity contribution is -0.124. The Bertz CT molecular complexity index is 954. The molecule has 11 nitrogen and oxygen atoms in total. The number of methoxy groups -OCH3 is 1. The van der Waals surface area contributed by atoms with Crippen LogP contribution < -0.4 is 15.1 Å². The molecule has 0 radical (unpaired) electrons. The van der Waals surface area contributed by atoms with E-state index in [1.165, 1.54) is 7.11 Å². The van der Waals surface area contributed by atoms with E-state index < -0.39 is 0 Å². The molecular formula is C18H23N9O2. The summed E-state index contributed by atoms with van der Waals surface area (Å²) in [6.45, 7) is 4.27. The van der Waals surface area contributed by atoms with Crippen molar-refractivity contribution in [2.45, 2.75) is 6.54 Å². The number of carbonyl (C=O) groups is 1. The van der Waals surface area contributed by atoms with Gasteiger partial charge in [-0.1, -0.05) is 0 Å². The number of piperazine rings is 1. The average Bonchev–Trinajstić information content (AvgIpc) is 3.18. The zero-order valence-electron chi connectivity index (χ0n) is 16.2. The van der Waals surface area contributed by atoms with Gasteiger partial charge in [-0.3, -0.25) is 4.79 Å². The molecule has 1 N–H and O–H groups in total. The van der Waals surface area contributed by atoms with E-state index in [1.54, 1.807) is 29.6 Å². The third-order valence-corrected chi connectivity index (χ3v) is 4.75. The molecule has 152 valence electrons. The van der Waals surface area contributed by atoms with Crippen molar-refractivity contribution in [1.82, 2.24) is 35.0 Å². The van der Waals surface area contributed by atoms with E-state index in [1.807, 2.05) is 6.07 Å². The molecule has 11 heteroatoms. The van der Waals surface area contributed by atoms with Crippen LogP contribution in [0.1, 0.15) is 0 Å². The van der Waals surface area contributed by atoms with Gasteiger partial charge in [-0.15, -0.1) is 0 Å². The summed E-state index contributed by atoms with van der Waals surface area (Å²) in [5.41, 5.74) is 0.754. The van der Waals surface area contributed by atoms with E-state index in [-0.39, 0.29) is 12.5 Å². The maximum Gasteiger partial charge on any atom is 0.246 e. The molecule has 1 aliphatic heterocycles. The smallest absolute Gasteiger partial charge is 0.246 e. The van der Waals surface area contributed by atoms with Gasteiger partial charge in [0.05, 0.1) is 18.1 Å². The monoisotopic (exact) mass is 397 g/mol. The van der Waals surface area contributed by atoms with E-state index in [9.17, 15) is 4.79 Å². The number of ether oxygens (including phenoxy) is 1. The number of rotatable bonds is 7. The molecule has 1 amide bonds. The molecule has 1 saturated heterocycles. The highest BCUT2D eigenvalue weighted by molar-refractivity contribution is 5.86. The second kappa shape index (κ2) is 8.78. The summed E-state index contributed by atoms with van der Waals surface area (Å²) in [5.74, 6) is 1.47. The van der Waals surface area contributed by atoms with Crippen LogP contribution in [0.25, 0.3) is 11.0 Å². The normalized spacial score (nSPS) is 14.4. The fraction of sp³-hybridized carbons (Fsp3) is 0.444. The van der Waals surface area contributed by atoms with Crippen LogP contribution in [0.3, 0.4) is 0 Å². The fourth-order valence-electron chi connectivity index (χ4n) is 3.35. The molecule has 3 aromatic rings. The fourth-order valence-corrected chi connectivity index (χ4v) is 3.35. The highest BCUT2D eigenvalue weighted by Crippen LogP contribution is 2.24. The zero-order chi connectivity index (χ0) is 20.1. The summed E-state index contributed by atoms with van der Waals surface area (Å²) in [5, 5.41) is 8.12. The van der Waals surface area contributed by atoms with Crippen LogP contribution in [0.2, 0.25) is 0 Å². The predicted octanol–water partition coefficient (Wildman–Crippen LogP) is -0.294. The number of amides is 1. The van der Waals surface area contributed by atoms with Crippen LogP contribution in [0.5, 0.6) is 0 Å². The van der Waals surface area contributed by atoms with Gasteiger partial charge < -0.3 is 19.9 Å². The van der Waals surface area contributed by atoms with Crippen LogP contribution >= 0.6 is 0 Å². The van der Waals surface area contributed by atoms with E-state index in [2.05, 4.69) is 40.2 Å².